The van der Waals surface area contributed by atoms with Crippen LogP contribution in [-0.2, 0) is 4.74 Å². The second-order valence-electron chi connectivity index (χ2n) is 5.62. The van der Waals surface area contributed by atoms with Gasteiger partial charge in [-0.25, -0.2) is 9.37 Å². The van der Waals surface area contributed by atoms with Crippen molar-refractivity contribution in [3.8, 4) is 0 Å². The van der Waals surface area contributed by atoms with Crippen LogP contribution in [0, 0.1) is 5.82 Å². The van der Waals surface area contributed by atoms with Gasteiger partial charge >= 0.3 is 0 Å². The SMILES string of the molecule is COC1CNC(c2nc3ccc(F)cc3n2C(C)C)C1. The lowest BCUT2D eigenvalue weighted by molar-refractivity contribution is 0.117. The molecule has 0 amide bonds. The highest BCUT2D eigenvalue weighted by Crippen LogP contribution is 2.30. The van der Waals surface area contributed by atoms with Crippen molar-refractivity contribution in [3.63, 3.8) is 0 Å². The van der Waals surface area contributed by atoms with Crippen LogP contribution in [-0.4, -0.2) is 29.3 Å². The number of fused-ring (bicyclic) bond motifs is 1. The van der Waals surface area contributed by atoms with Crippen LogP contribution >= 0.6 is 0 Å². The lowest BCUT2D eigenvalue weighted by Gasteiger charge is -2.17. The van der Waals surface area contributed by atoms with E-state index in [-0.39, 0.29) is 24.0 Å². The number of methoxy groups -OCH3 is 1. The summed E-state index contributed by atoms with van der Waals surface area (Å²) in [4.78, 5) is 4.70. The number of imidazole rings is 1. The molecule has 2 unspecified atom stereocenters. The fourth-order valence-electron chi connectivity index (χ4n) is 2.95. The molecule has 0 bridgehead atoms. The molecule has 1 aliphatic heterocycles. The summed E-state index contributed by atoms with van der Waals surface area (Å²) in [5.74, 6) is 0.750. The molecule has 0 aliphatic carbocycles. The van der Waals surface area contributed by atoms with Crippen LogP contribution in [0.4, 0.5) is 4.39 Å². The zero-order chi connectivity index (χ0) is 14.3. The van der Waals surface area contributed by atoms with E-state index in [0.29, 0.717) is 0 Å². The van der Waals surface area contributed by atoms with Gasteiger partial charge in [-0.2, -0.15) is 0 Å². The van der Waals surface area contributed by atoms with Gasteiger partial charge in [-0.3, -0.25) is 0 Å². The first-order chi connectivity index (χ1) is 9.60. The van der Waals surface area contributed by atoms with Crippen molar-refractivity contribution in [3.05, 3.63) is 29.8 Å². The molecule has 2 atom stereocenters. The smallest absolute Gasteiger partial charge is 0.127 e. The molecule has 1 aliphatic rings. The molecule has 3 rings (SSSR count). The fraction of sp³-hybridized carbons (Fsp3) is 0.533. The van der Waals surface area contributed by atoms with Crippen LogP contribution in [0.25, 0.3) is 11.0 Å². The first kappa shape index (κ1) is 13.5. The van der Waals surface area contributed by atoms with Crippen molar-refractivity contribution in [1.29, 1.82) is 0 Å². The van der Waals surface area contributed by atoms with Gasteiger partial charge in [0.15, 0.2) is 0 Å². The van der Waals surface area contributed by atoms with E-state index in [1.165, 1.54) is 6.07 Å². The Morgan fingerprint density at radius 2 is 2.25 bits per heavy atom. The van der Waals surface area contributed by atoms with Crippen LogP contribution in [0.3, 0.4) is 0 Å². The summed E-state index contributed by atoms with van der Waals surface area (Å²) >= 11 is 0. The van der Waals surface area contributed by atoms with Crippen molar-refractivity contribution in [1.82, 2.24) is 14.9 Å². The Balaban J connectivity index is 2.08. The van der Waals surface area contributed by atoms with Crippen LogP contribution in [0.2, 0.25) is 0 Å². The molecule has 1 aromatic heterocycles. The van der Waals surface area contributed by atoms with Crippen LogP contribution in [0.5, 0.6) is 0 Å². The van der Waals surface area contributed by atoms with Crippen molar-refractivity contribution in [2.24, 2.45) is 0 Å². The molecule has 1 fully saturated rings. The molecule has 0 saturated carbocycles. The monoisotopic (exact) mass is 277 g/mol. The molecule has 0 spiro atoms. The average molecular weight is 277 g/mol. The third-order valence-corrected chi connectivity index (χ3v) is 3.93. The topological polar surface area (TPSA) is 39.1 Å². The van der Waals surface area contributed by atoms with Crippen molar-refractivity contribution < 1.29 is 9.13 Å². The largest absolute Gasteiger partial charge is 0.380 e. The predicted octanol–water partition coefficient (Wildman–Crippen LogP) is 2.81. The second-order valence-corrected chi connectivity index (χ2v) is 5.62. The zero-order valence-electron chi connectivity index (χ0n) is 12.1. The maximum atomic E-state index is 13.5. The second kappa shape index (κ2) is 5.14. The van der Waals surface area contributed by atoms with E-state index in [9.17, 15) is 4.39 Å². The average Bonchev–Trinajstić information content (AvgIpc) is 3.01. The number of nitrogens with one attached hydrogen (secondary N) is 1. The number of hydrogen-bond acceptors (Lipinski definition) is 3. The Hall–Kier alpha value is -1.46. The maximum absolute atomic E-state index is 13.5. The minimum absolute atomic E-state index is 0.165. The van der Waals surface area contributed by atoms with Gasteiger partial charge < -0.3 is 14.6 Å². The van der Waals surface area contributed by atoms with Crippen molar-refractivity contribution in [2.75, 3.05) is 13.7 Å². The van der Waals surface area contributed by atoms with Crippen LogP contribution in [0.1, 0.15) is 38.2 Å². The van der Waals surface area contributed by atoms with Crippen molar-refractivity contribution >= 4 is 11.0 Å². The summed E-state index contributed by atoms with van der Waals surface area (Å²) in [6, 6.07) is 5.17. The Morgan fingerprint density at radius 3 is 2.90 bits per heavy atom. The summed E-state index contributed by atoms with van der Waals surface area (Å²) in [7, 11) is 1.73. The molecule has 0 radical (unpaired) electrons. The number of halogens is 1. The first-order valence-electron chi connectivity index (χ1n) is 7.03. The van der Waals surface area contributed by atoms with Gasteiger partial charge in [0.25, 0.3) is 0 Å². The third kappa shape index (κ3) is 2.21. The lowest BCUT2D eigenvalue weighted by Crippen LogP contribution is -2.19. The Kier molecular flexibility index (Phi) is 3.48. The molecular formula is C15H20FN3O. The summed E-state index contributed by atoms with van der Waals surface area (Å²) < 4.78 is 21.0. The van der Waals surface area contributed by atoms with Gasteiger partial charge in [-0.15, -0.1) is 0 Å². The summed E-state index contributed by atoms with van der Waals surface area (Å²) in [6.45, 7) is 5.02. The summed E-state index contributed by atoms with van der Waals surface area (Å²) in [5.41, 5.74) is 1.70. The number of ether oxygens (including phenoxy) is 1. The van der Waals surface area contributed by atoms with E-state index in [2.05, 4.69) is 23.7 Å². The first-order valence-corrected chi connectivity index (χ1v) is 7.03. The van der Waals surface area contributed by atoms with Crippen LogP contribution < -0.4 is 5.32 Å². The Bertz CT molecular complexity index is 623. The highest BCUT2D eigenvalue weighted by molar-refractivity contribution is 5.76. The quantitative estimate of drug-likeness (QED) is 0.937. The standard InChI is InChI=1S/C15H20FN3O/c1-9(2)19-14-6-10(16)4-5-12(14)18-15(19)13-7-11(20-3)8-17-13/h4-6,9,11,13,17H,7-8H2,1-3H3. The molecule has 1 N–H and O–H groups in total. The summed E-state index contributed by atoms with van der Waals surface area (Å²) in [6.07, 6.45) is 1.12. The molecule has 1 saturated heterocycles. The number of rotatable bonds is 3. The lowest BCUT2D eigenvalue weighted by atomic mass is 10.2. The zero-order valence-corrected chi connectivity index (χ0v) is 12.1. The minimum atomic E-state index is -0.222. The summed E-state index contributed by atoms with van der Waals surface area (Å²) in [5, 5.41) is 3.44. The fourth-order valence-corrected chi connectivity index (χ4v) is 2.95. The highest BCUT2D eigenvalue weighted by Gasteiger charge is 2.29. The van der Waals surface area contributed by atoms with E-state index in [4.69, 9.17) is 9.72 Å². The van der Waals surface area contributed by atoms with E-state index in [1.54, 1.807) is 19.2 Å². The van der Waals surface area contributed by atoms with Gasteiger partial charge in [0.05, 0.1) is 23.2 Å². The van der Waals surface area contributed by atoms with Gasteiger partial charge in [0, 0.05) is 19.7 Å². The predicted molar refractivity (Wildman–Crippen MR) is 76.2 cm³/mol. The van der Waals surface area contributed by atoms with E-state index in [0.717, 1.165) is 29.8 Å². The molecule has 4 nitrogen and oxygen atoms in total. The van der Waals surface area contributed by atoms with Crippen molar-refractivity contribution in [2.45, 2.75) is 38.5 Å². The van der Waals surface area contributed by atoms with Crippen LogP contribution in [0.15, 0.2) is 18.2 Å². The van der Waals surface area contributed by atoms with Gasteiger partial charge in [-0.05, 0) is 38.5 Å². The van der Waals surface area contributed by atoms with Gasteiger partial charge in [0.1, 0.15) is 11.6 Å². The number of benzene rings is 1. The molecule has 5 heteroatoms. The normalized spacial score (nSPS) is 23.1. The third-order valence-electron chi connectivity index (χ3n) is 3.93. The van der Waals surface area contributed by atoms with Gasteiger partial charge in [-0.1, -0.05) is 0 Å². The van der Waals surface area contributed by atoms with E-state index in [1.807, 2.05) is 0 Å². The number of nitrogens with zero attached hydrogens (tertiary/aromatic N) is 2. The van der Waals surface area contributed by atoms with Gasteiger partial charge in [0.2, 0.25) is 0 Å². The molecule has 20 heavy (non-hydrogen) atoms. The maximum Gasteiger partial charge on any atom is 0.127 e. The van der Waals surface area contributed by atoms with E-state index >= 15 is 0 Å². The molecule has 2 aromatic rings. The number of hydrogen-bond donors (Lipinski definition) is 1. The Labute approximate surface area is 117 Å². The highest BCUT2D eigenvalue weighted by atomic mass is 19.1. The Morgan fingerprint density at radius 1 is 1.45 bits per heavy atom. The molecule has 1 aromatic carbocycles. The molecule has 2 heterocycles. The molecular weight excluding hydrogens is 257 g/mol. The molecule has 108 valence electrons. The minimum Gasteiger partial charge on any atom is -0.380 e. The van der Waals surface area contributed by atoms with E-state index < -0.39 is 0 Å². The number of aromatic nitrogens is 2.